The number of halogens is 1. The Bertz CT molecular complexity index is 1310. The van der Waals surface area contributed by atoms with Crippen LogP contribution in [0.3, 0.4) is 0 Å². The van der Waals surface area contributed by atoms with Crippen LogP contribution in [-0.4, -0.2) is 33.8 Å². The lowest BCUT2D eigenvalue weighted by molar-refractivity contribution is 0.0946. The van der Waals surface area contributed by atoms with E-state index in [1.54, 1.807) is 36.7 Å². The number of ether oxygens (including phenoxy) is 1. The normalized spacial score (nSPS) is 19.8. The van der Waals surface area contributed by atoms with Gasteiger partial charge in [-0.2, -0.15) is 0 Å². The maximum atomic E-state index is 14.3. The number of benzene rings is 1. The highest BCUT2D eigenvalue weighted by atomic mass is 19.1. The second kappa shape index (κ2) is 7.97. The van der Waals surface area contributed by atoms with Crippen LogP contribution in [0, 0.1) is 5.82 Å². The summed E-state index contributed by atoms with van der Waals surface area (Å²) in [6.45, 7) is 3.85. The molecule has 33 heavy (non-hydrogen) atoms. The van der Waals surface area contributed by atoms with Gasteiger partial charge in [0.05, 0.1) is 5.69 Å². The van der Waals surface area contributed by atoms with E-state index in [-0.39, 0.29) is 11.6 Å². The summed E-state index contributed by atoms with van der Waals surface area (Å²) in [6, 6.07) is 9.05. The van der Waals surface area contributed by atoms with Crippen molar-refractivity contribution in [1.82, 2.24) is 20.4 Å². The molecule has 8 heteroatoms. The van der Waals surface area contributed by atoms with Crippen molar-refractivity contribution in [3.8, 4) is 17.0 Å². The van der Waals surface area contributed by atoms with Crippen LogP contribution in [0.25, 0.3) is 16.8 Å². The molecule has 0 aliphatic carbocycles. The fraction of sp³-hybridized carbons (Fsp3) is 0.240. The monoisotopic (exact) mass is 445 g/mol. The highest BCUT2D eigenvalue weighted by molar-refractivity contribution is 6.11. The largest absolute Gasteiger partial charge is 0.482 e. The minimum atomic E-state index is -0.646. The number of pyridine rings is 2. The van der Waals surface area contributed by atoms with E-state index >= 15 is 0 Å². The Morgan fingerprint density at radius 1 is 1.21 bits per heavy atom. The first-order chi connectivity index (χ1) is 15.9. The fourth-order valence-corrected chi connectivity index (χ4v) is 4.64. The number of nitrogens with one attached hydrogen (secondary N) is 1. The number of hydrogen-bond donors (Lipinski definition) is 2. The van der Waals surface area contributed by atoms with Crippen molar-refractivity contribution < 1.29 is 13.9 Å². The fourth-order valence-electron chi connectivity index (χ4n) is 4.64. The van der Waals surface area contributed by atoms with Crippen LogP contribution in [0.4, 0.5) is 10.2 Å². The Morgan fingerprint density at radius 2 is 2.03 bits per heavy atom. The third kappa shape index (κ3) is 3.43. The second-order valence-electron chi connectivity index (χ2n) is 8.20. The summed E-state index contributed by atoms with van der Waals surface area (Å²) in [7, 11) is 1.89. The van der Waals surface area contributed by atoms with Crippen molar-refractivity contribution in [1.29, 1.82) is 0 Å². The van der Waals surface area contributed by atoms with Crippen LogP contribution < -0.4 is 15.9 Å². The van der Waals surface area contributed by atoms with Gasteiger partial charge in [0.15, 0.2) is 17.4 Å². The van der Waals surface area contributed by atoms with Crippen molar-refractivity contribution in [3.63, 3.8) is 0 Å². The molecule has 3 aromatic rings. The maximum Gasteiger partial charge on any atom is 0.188 e. The summed E-state index contributed by atoms with van der Waals surface area (Å²) in [5, 5.41) is 1.87. The first-order valence-electron chi connectivity index (χ1n) is 10.8. The van der Waals surface area contributed by atoms with E-state index in [0.717, 1.165) is 16.8 Å². The van der Waals surface area contributed by atoms with Gasteiger partial charge in [0.1, 0.15) is 18.0 Å². The van der Waals surface area contributed by atoms with Crippen molar-refractivity contribution in [2.24, 2.45) is 0 Å². The predicted molar refractivity (Wildman–Crippen MR) is 124 cm³/mol. The average Bonchev–Trinajstić information content (AvgIpc) is 3.15. The van der Waals surface area contributed by atoms with Crippen LogP contribution in [0.15, 0.2) is 54.5 Å². The van der Waals surface area contributed by atoms with E-state index in [4.69, 9.17) is 10.5 Å². The summed E-state index contributed by atoms with van der Waals surface area (Å²) in [5.74, 6) is 0.0590. The Hall–Kier alpha value is -3.78. The van der Waals surface area contributed by atoms with Gasteiger partial charge in [0.2, 0.25) is 0 Å². The average molecular weight is 445 g/mol. The lowest BCUT2D eigenvalue weighted by atomic mass is 9.89. The third-order valence-electron chi connectivity index (χ3n) is 6.20. The summed E-state index contributed by atoms with van der Waals surface area (Å²) in [5.41, 5.74) is 14.1. The lowest BCUT2D eigenvalue weighted by Gasteiger charge is -2.23. The van der Waals surface area contributed by atoms with Crippen LogP contribution in [0.1, 0.15) is 47.9 Å². The molecule has 168 valence electrons. The molecule has 0 radical (unpaired) electrons. The topological polar surface area (TPSA) is 93.4 Å². The van der Waals surface area contributed by atoms with Crippen LogP contribution in [0.2, 0.25) is 0 Å². The quantitative estimate of drug-likeness (QED) is 0.581. The number of allylic oxidation sites excluding steroid dienone is 1. The van der Waals surface area contributed by atoms with E-state index in [9.17, 15) is 9.18 Å². The number of rotatable bonds is 1. The number of nitrogen functional groups attached to an aromatic ring is 1. The lowest BCUT2D eigenvalue weighted by Crippen LogP contribution is -2.40. The summed E-state index contributed by atoms with van der Waals surface area (Å²) in [4.78, 5) is 22.8. The minimum Gasteiger partial charge on any atom is -0.482 e. The number of nitrogens with zero attached hydrogens (tertiary/aromatic N) is 3. The van der Waals surface area contributed by atoms with E-state index in [0.29, 0.717) is 34.6 Å². The van der Waals surface area contributed by atoms with Crippen LogP contribution in [-0.2, 0) is 0 Å². The zero-order valence-corrected chi connectivity index (χ0v) is 18.6. The number of hydrogen-bond acceptors (Lipinski definition) is 7. The molecule has 0 saturated carbocycles. The molecule has 5 rings (SSSR count). The number of anilines is 1. The molecule has 1 aromatic carbocycles. The summed E-state index contributed by atoms with van der Waals surface area (Å²) >= 11 is 0. The van der Waals surface area contributed by atoms with Gasteiger partial charge >= 0.3 is 0 Å². The number of hydrazine groups is 1. The molecule has 0 fully saturated rings. The van der Waals surface area contributed by atoms with Gasteiger partial charge in [-0.15, -0.1) is 0 Å². The molecule has 1 unspecified atom stereocenters. The summed E-state index contributed by atoms with van der Waals surface area (Å²) < 4.78 is 20.5. The van der Waals surface area contributed by atoms with Gasteiger partial charge in [-0.25, -0.2) is 14.8 Å². The molecule has 2 aliphatic heterocycles. The van der Waals surface area contributed by atoms with Gasteiger partial charge in [0, 0.05) is 53.0 Å². The summed E-state index contributed by atoms with van der Waals surface area (Å²) in [6.07, 6.45) is 3.42. The molecule has 7 nitrogen and oxygen atoms in total. The Kier molecular flexibility index (Phi) is 5.09. The molecule has 2 aromatic heterocycles. The van der Waals surface area contributed by atoms with E-state index in [1.807, 2.05) is 25.9 Å². The molecule has 0 spiro atoms. The van der Waals surface area contributed by atoms with Crippen molar-refractivity contribution in [2.45, 2.75) is 32.4 Å². The van der Waals surface area contributed by atoms with Gasteiger partial charge in [-0.05, 0) is 49.7 Å². The van der Waals surface area contributed by atoms with Crippen LogP contribution >= 0.6 is 0 Å². The smallest absolute Gasteiger partial charge is 0.188 e. The molecule has 2 bridgehead atoms. The third-order valence-corrected chi connectivity index (χ3v) is 6.20. The molecule has 2 atom stereocenters. The van der Waals surface area contributed by atoms with E-state index in [2.05, 4.69) is 15.4 Å². The number of ketones is 1. The van der Waals surface area contributed by atoms with Gasteiger partial charge in [0.25, 0.3) is 0 Å². The van der Waals surface area contributed by atoms with E-state index in [1.165, 1.54) is 12.1 Å². The number of fused-ring (bicyclic) bond motifs is 7. The Balaban J connectivity index is 1.82. The van der Waals surface area contributed by atoms with Gasteiger partial charge < -0.3 is 15.5 Å². The predicted octanol–water partition coefficient (Wildman–Crippen LogP) is 4.14. The van der Waals surface area contributed by atoms with Crippen molar-refractivity contribution in [2.75, 3.05) is 12.8 Å². The molecule has 2 aliphatic rings. The Morgan fingerprint density at radius 3 is 2.82 bits per heavy atom. The van der Waals surface area contributed by atoms with Crippen molar-refractivity contribution in [3.05, 3.63) is 77.0 Å². The second-order valence-corrected chi connectivity index (χ2v) is 8.20. The van der Waals surface area contributed by atoms with Gasteiger partial charge in [-0.3, -0.25) is 9.78 Å². The number of carbonyl (C=O) groups is 1. The number of Topliss-reactive ketones (excluding diaryl/α,β-unsaturated/α-hetero) is 1. The first-order valence-corrected chi connectivity index (χ1v) is 10.8. The van der Waals surface area contributed by atoms with Crippen LogP contribution in [0.5, 0.6) is 5.75 Å². The molecule has 0 saturated heterocycles. The number of aromatic nitrogens is 2. The first kappa shape index (κ1) is 21.1. The molecule has 0 amide bonds. The van der Waals surface area contributed by atoms with Gasteiger partial charge in [-0.1, -0.05) is 6.92 Å². The molecular weight excluding hydrogens is 421 g/mol. The zero-order valence-electron chi connectivity index (χ0n) is 18.6. The standard InChI is InChI=1S/C25H24FN5O2/c1-4-19-21-14-10-20(25(27)29-12-14)33-13(2)18-11-15(26)7-8-16(18)22-17(6-5-9-28-22)24(32)23(21)30-31(19)3/h5-13,23,30H,4H2,1-3H3,(H2,27,29)/t13-,23?/m1/s1. The molecule has 3 N–H and O–H groups in total. The van der Waals surface area contributed by atoms with E-state index < -0.39 is 18.0 Å². The highest BCUT2D eigenvalue weighted by Gasteiger charge is 2.37. The zero-order chi connectivity index (χ0) is 23.3. The van der Waals surface area contributed by atoms with Crippen molar-refractivity contribution >= 4 is 17.2 Å². The molecular formula is C25H24FN5O2. The number of nitrogens with two attached hydrogens (primary N) is 1. The SMILES string of the molecule is CCC1=C2c3cnc(N)c(c3)O[C@H](C)c3cc(F)ccc3-c3ncccc3C(=O)C2NN1C. The minimum absolute atomic E-state index is 0.133. The number of carbonyl (C=O) groups excluding carboxylic acids is 1. The Labute approximate surface area is 191 Å². The maximum absolute atomic E-state index is 14.3. The molecule has 4 heterocycles. The highest BCUT2D eigenvalue weighted by Crippen LogP contribution is 2.39.